The van der Waals surface area contributed by atoms with Crippen molar-refractivity contribution in [3.63, 3.8) is 0 Å². The van der Waals surface area contributed by atoms with Gasteiger partial charge in [-0.25, -0.2) is 10.2 Å². The first-order chi connectivity index (χ1) is 12.5. The van der Waals surface area contributed by atoms with E-state index in [1.165, 1.54) is 0 Å². The van der Waals surface area contributed by atoms with Crippen LogP contribution in [0, 0.1) is 13.8 Å². The highest BCUT2D eigenvalue weighted by atomic mass is 16.6. The molecular weight excluding hydrogens is 336 g/mol. The molecule has 0 spiro atoms. The monoisotopic (exact) mass is 356 g/mol. The number of amides is 2. The number of hydrogen-bond donors (Lipinski definition) is 2. The third-order valence-corrected chi connectivity index (χ3v) is 4.02. The van der Waals surface area contributed by atoms with Crippen molar-refractivity contribution in [3.05, 3.63) is 52.9 Å². The van der Waals surface area contributed by atoms with Gasteiger partial charge in [0, 0.05) is 11.3 Å². The molecule has 2 amide bonds. The van der Waals surface area contributed by atoms with Crippen LogP contribution in [0.5, 0.6) is 0 Å². The van der Waals surface area contributed by atoms with Crippen molar-refractivity contribution in [2.75, 3.05) is 6.61 Å². The van der Waals surface area contributed by atoms with Gasteiger partial charge in [0.25, 0.3) is 0 Å². The minimum Gasteiger partial charge on any atom is -0.449 e. The van der Waals surface area contributed by atoms with E-state index in [4.69, 9.17) is 4.42 Å². The highest BCUT2D eigenvalue weighted by Gasteiger charge is 2.23. The van der Waals surface area contributed by atoms with Crippen molar-refractivity contribution in [1.82, 2.24) is 20.6 Å². The number of benzene rings is 1. The average Bonchev–Trinajstić information content (AvgIpc) is 3.11. The summed E-state index contributed by atoms with van der Waals surface area (Å²) in [5.74, 6) is -0.461. The Kier molecular flexibility index (Phi) is 4.92. The van der Waals surface area contributed by atoms with E-state index in [0.717, 1.165) is 16.6 Å². The lowest BCUT2D eigenvalue weighted by molar-refractivity contribution is 0.0886. The molecule has 0 fully saturated rings. The second-order valence-corrected chi connectivity index (χ2v) is 5.76. The smallest absolute Gasteiger partial charge is 0.426 e. The van der Waals surface area contributed by atoms with Gasteiger partial charge in [-0.2, -0.15) is 0 Å². The molecule has 2 heterocycles. The number of fused-ring (bicyclic) bond motifs is 1. The topological polar surface area (TPSA) is 98.4 Å². The summed E-state index contributed by atoms with van der Waals surface area (Å²) in [7, 11) is 0. The Morgan fingerprint density at radius 3 is 2.58 bits per heavy atom. The van der Waals surface area contributed by atoms with Gasteiger partial charge in [-0.3, -0.25) is 14.9 Å². The predicted molar refractivity (Wildman–Crippen MR) is 94.6 cm³/mol. The van der Waals surface area contributed by atoms with Crippen molar-refractivity contribution >= 4 is 23.1 Å². The van der Waals surface area contributed by atoms with Gasteiger partial charge >= 0.3 is 12.0 Å². The average molecular weight is 356 g/mol. The molecule has 3 aromatic rings. The summed E-state index contributed by atoms with van der Waals surface area (Å²) in [5.41, 5.74) is 7.49. The summed E-state index contributed by atoms with van der Waals surface area (Å²) in [6, 6.07) is 9.96. The van der Waals surface area contributed by atoms with Crippen LogP contribution in [0.4, 0.5) is 4.79 Å². The van der Waals surface area contributed by atoms with E-state index in [-0.39, 0.29) is 12.4 Å². The van der Waals surface area contributed by atoms with Gasteiger partial charge in [0.15, 0.2) is 5.76 Å². The summed E-state index contributed by atoms with van der Waals surface area (Å²) < 4.78 is 12.1. The van der Waals surface area contributed by atoms with Crippen LogP contribution in [-0.4, -0.2) is 28.4 Å². The maximum absolute atomic E-state index is 12.2. The van der Waals surface area contributed by atoms with Gasteiger partial charge in [0.2, 0.25) is 5.71 Å². The highest BCUT2D eigenvalue weighted by molar-refractivity contribution is 5.99. The molecule has 0 saturated carbocycles. The molecular formula is C18H20N4O4. The number of nitrogens with one attached hydrogen (secondary N) is 2. The van der Waals surface area contributed by atoms with E-state index < -0.39 is 12.0 Å². The molecule has 26 heavy (non-hydrogen) atoms. The SMILES string of the molecule is CCOC(=O)NNC(=O)c1oc2nn(Cc3ccccc3)c(C)c2c1C. The number of rotatable bonds is 4. The molecule has 0 bridgehead atoms. The number of furan rings is 1. The number of aryl methyl sites for hydroxylation is 2. The van der Waals surface area contributed by atoms with Crippen molar-refractivity contribution < 1.29 is 18.7 Å². The van der Waals surface area contributed by atoms with Crippen molar-refractivity contribution in [3.8, 4) is 0 Å². The van der Waals surface area contributed by atoms with Crippen LogP contribution < -0.4 is 10.9 Å². The number of hydrazine groups is 1. The van der Waals surface area contributed by atoms with Gasteiger partial charge < -0.3 is 9.15 Å². The summed E-state index contributed by atoms with van der Waals surface area (Å²) in [4.78, 5) is 23.5. The molecule has 0 radical (unpaired) electrons. The Balaban J connectivity index is 1.81. The van der Waals surface area contributed by atoms with Crippen LogP contribution in [0.15, 0.2) is 34.7 Å². The zero-order valence-electron chi connectivity index (χ0n) is 14.8. The number of hydrogen-bond acceptors (Lipinski definition) is 5. The van der Waals surface area contributed by atoms with Gasteiger partial charge in [-0.15, -0.1) is 5.10 Å². The van der Waals surface area contributed by atoms with E-state index in [1.54, 1.807) is 13.8 Å². The molecule has 0 atom stereocenters. The van der Waals surface area contributed by atoms with Gasteiger partial charge in [-0.05, 0) is 26.3 Å². The zero-order valence-corrected chi connectivity index (χ0v) is 14.8. The largest absolute Gasteiger partial charge is 0.449 e. The van der Waals surface area contributed by atoms with E-state index in [9.17, 15) is 9.59 Å². The second kappa shape index (κ2) is 7.30. The van der Waals surface area contributed by atoms with E-state index in [0.29, 0.717) is 17.8 Å². The van der Waals surface area contributed by atoms with Crippen LogP contribution >= 0.6 is 0 Å². The number of nitrogens with zero attached hydrogens (tertiary/aromatic N) is 2. The summed E-state index contributed by atoms with van der Waals surface area (Å²) in [6.07, 6.45) is -0.737. The van der Waals surface area contributed by atoms with E-state index in [2.05, 4.69) is 20.7 Å². The molecule has 0 saturated heterocycles. The number of ether oxygens (including phenoxy) is 1. The molecule has 136 valence electrons. The first-order valence-electron chi connectivity index (χ1n) is 8.24. The number of carbonyl (C=O) groups is 2. The third-order valence-electron chi connectivity index (χ3n) is 4.02. The molecule has 3 rings (SSSR count). The molecule has 2 N–H and O–H groups in total. The van der Waals surface area contributed by atoms with Crippen molar-refractivity contribution in [1.29, 1.82) is 0 Å². The van der Waals surface area contributed by atoms with Crippen LogP contribution in [0.2, 0.25) is 0 Å². The quantitative estimate of drug-likeness (QED) is 0.700. The lowest BCUT2D eigenvalue weighted by atomic mass is 10.1. The Hall–Kier alpha value is -3.29. The van der Waals surface area contributed by atoms with Gasteiger partial charge in [-0.1, -0.05) is 30.3 Å². The Labute approximate surface area is 150 Å². The second-order valence-electron chi connectivity index (χ2n) is 5.76. The van der Waals surface area contributed by atoms with E-state index in [1.807, 2.05) is 41.9 Å². The minimum absolute atomic E-state index is 0.106. The number of carbonyl (C=O) groups excluding carboxylic acids is 2. The molecule has 2 aromatic heterocycles. The van der Waals surface area contributed by atoms with Crippen molar-refractivity contribution in [2.24, 2.45) is 0 Å². The first-order valence-corrected chi connectivity index (χ1v) is 8.24. The summed E-state index contributed by atoms with van der Waals surface area (Å²) >= 11 is 0. The highest BCUT2D eigenvalue weighted by Crippen LogP contribution is 2.28. The molecule has 8 nitrogen and oxygen atoms in total. The van der Waals surface area contributed by atoms with Gasteiger partial charge in [0.1, 0.15) is 0 Å². The molecule has 0 aliphatic rings. The predicted octanol–water partition coefficient (Wildman–Crippen LogP) is 2.69. The normalized spacial score (nSPS) is 10.7. The standard InChI is InChI=1S/C18H20N4O4/c1-4-25-18(24)20-19-16(23)15-11(2)14-12(3)22(21-17(14)26-15)10-13-8-6-5-7-9-13/h5-9H,4,10H2,1-3H3,(H,19,23)(H,20,24). The first kappa shape index (κ1) is 17.5. The summed E-state index contributed by atoms with van der Waals surface area (Å²) in [5, 5.41) is 5.25. The Morgan fingerprint density at radius 2 is 1.92 bits per heavy atom. The van der Waals surface area contributed by atoms with Crippen LogP contribution in [0.3, 0.4) is 0 Å². The van der Waals surface area contributed by atoms with Crippen molar-refractivity contribution in [2.45, 2.75) is 27.3 Å². The fourth-order valence-corrected chi connectivity index (χ4v) is 2.77. The lowest BCUT2D eigenvalue weighted by Gasteiger charge is -2.07. The molecule has 0 aliphatic carbocycles. The molecule has 0 aliphatic heterocycles. The molecule has 0 unspecified atom stereocenters. The van der Waals surface area contributed by atoms with E-state index >= 15 is 0 Å². The molecule has 8 heteroatoms. The Bertz CT molecular complexity index is 943. The minimum atomic E-state index is -0.737. The maximum Gasteiger partial charge on any atom is 0.426 e. The maximum atomic E-state index is 12.2. The third kappa shape index (κ3) is 3.39. The molecule has 1 aromatic carbocycles. The lowest BCUT2D eigenvalue weighted by Crippen LogP contribution is -2.42. The fraction of sp³-hybridized carbons (Fsp3) is 0.278. The fourth-order valence-electron chi connectivity index (χ4n) is 2.77. The van der Waals surface area contributed by atoms with Crippen LogP contribution in [0.1, 0.15) is 34.3 Å². The zero-order chi connectivity index (χ0) is 18.7. The van der Waals surface area contributed by atoms with Crippen LogP contribution in [0.25, 0.3) is 11.1 Å². The van der Waals surface area contributed by atoms with Gasteiger partial charge in [0.05, 0.1) is 18.5 Å². The number of aromatic nitrogens is 2. The Morgan fingerprint density at radius 1 is 1.19 bits per heavy atom. The summed E-state index contributed by atoms with van der Waals surface area (Å²) in [6.45, 7) is 6.21. The van der Waals surface area contributed by atoms with Crippen LogP contribution in [-0.2, 0) is 11.3 Å².